The van der Waals surface area contributed by atoms with Crippen LogP contribution in [0.3, 0.4) is 0 Å². The Morgan fingerprint density at radius 3 is 2.67 bits per heavy atom. The van der Waals surface area contributed by atoms with Crippen LogP contribution in [0.5, 0.6) is 5.75 Å². The van der Waals surface area contributed by atoms with Crippen molar-refractivity contribution in [2.45, 2.75) is 55.9 Å². The number of ether oxygens (including phenoxy) is 5. The van der Waals surface area contributed by atoms with Gasteiger partial charge in [-0.3, -0.25) is 0 Å². The molecule has 40 heavy (non-hydrogen) atoms. The number of fused-ring (bicyclic) bond motifs is 3. The monoisotopic (exact) mass is 560 g/mol. The SMILES string of the molecule is C=C[C@H]1[C@H](OC2OC(CO)C(O)C(O)C2O)OC=C(C(=O)OC)[C@H]1C[C@@H]1NCCc2c1[nH]c1cc(OC)ccc21. The largest absolute Gasteiger partial charge is 0.497 e. The second-order valence-electron chi connectivity index (χ2n) is 10.2. The van der Waals surface area contributed by atoms with Crippen LogP contribution in [0.15, 0.2) is 42.7 Å². The lowest BCUT2D eigenvalue weighted by atomic mass is 9.78. The normalized spacial score (nSPS) is 34.0. The van der Waals surface area contributed by atoms with Crippen molar-refractivity contribution in [3.63, 3.8) is 0 Å². The highest BCUT2D eigenvalue weighted by Gasteiger charge is 2.48. The van der Waals surface area contributed by atoms with Crippen molar-refractivity contribution >= 4 is 16.9 Å². The van der Waals surface area contributed by atoms with Crippen LogP contribution in [-0.4, -0.2) is 95.7 Å². The molecule has 5 rings (SSSR count). The second-order valence-corrected chi connectivity index (χ2v) is 10.2. The average Bonchev–Trinajstić information content (AvgIpc) is 3.36. The molecule has 1 aromatic heterocycles. The fourth-order valence-corrected chi connectivity index (χ4v) is 5.90. The number of hydrogen-bond acceptors (Lipinski definition) is 11. The first kappa shape index (κ1) is 28.6. The molecule has 5 unspecified atom stereocenters. The number of esters is 1. The first-order valence-corrected chi connectivity index (χ1v) is 13.3. The van der Waals surface area contributed by atoms with Gasteiger partial charge in [0.15, 0.2) is 6.29 Å². The standard InChI is InChI=1S/C28H36N2O10/c1-4-14-17(10-20-22-16(7-8-29-20)15-6-5-13(36-2)9-19(15)30-22)18(26(35)37-3)12-38-27(14)40-28-25(34)24(33)23(32)21(11-31)39-28/h4-6,9,12,14,17,20-21,23-25,27-34H,1,7-8,10-11H2,2-3H3/t14-,17+,20+,21?,23?,24?,25?,27+,28?/m1/s1. The van der Waals surface area contributed by atoms with E-state index in [0.717, 1.165) is 35.3 Å². The first-order valence-electron chi connectivity index (χ1n) is 13.3. The number of H-pyrrole nitrogens is 1. The molecular formula is C28H36N2O10. The lowest BCUT2D eigenvalue weighted by Gasteiger charge is -2.43. The Bertz CT molecular complexity index is 1260. The topological polar surface area (TPSA) is 172 Å². The van der Waals surface area contributed by atoms with Gasteiger partial charge in [0.1, 0.15) is 30.2 Å². The fraction of sp³-hybridized carbons (Fsp3) is 0.536. The van der Waals surface area contributed by atoms with Gasteiger partial charge < -0.3 is 54.4 Å². The maximum atomic E-state index is 12.8. The summed E-state index contributed by atoms with van der Waals surface area (Å²) in [6.07, 6.45) is -4.19. The molecule has 218 valence electrons. The average molecular weight is 561 g/mol. The van der Waals surface area contributed by atoms with Crippen LogP contribution in [-0.2, 0) is 30.2 Å². The highest BCUT2D eigenvalue weighted by atomic mass is 16.8. The van der Waals surface area contributed by atoms with E-state index in [1.165, 1.54) is 18.9 Å². The van der Waals surface area contributed by atoms with Crippen LogP contribution >= 0.6 is 0 Å². The van der Waals surface area contributed by atoms with E-state index >= 15 is 0 Å². The van der Waals surface area contributed by atoms with Crippen molar-refractivity contribution in [2.24, 2.45) is 11.8 Å². The summed E-state index contributed by atoms with van der Waals surface area (Å²) in [4.78, 5) is 16.3. The first-order chi connectivity index (χ1) is 19.3. The van der Waals surface area contributed by atoms with E-state index in [-0.39, 0.29) is 6.04 Å². The molecule has 4 heterocycles. The quantitative estimate of drug-likeness (QED) is 0.195. The molecular weight excluding hydrogens is 524 g/mol. The molecule has 6 N–H and O–H groups in total. The summed E-state index contributed by atoms with van der Waals surface area (Å²) < 4.78 is 27.7. The summed E-state index contributed by atoms with van der Waals surface area (Å²) in [6, 6.07) is 5.76. The summed E-state index contributed by atoms with van der Waals surface area (Å²) in [6.45, 7) is 4.09. The third kappa shape index (κ3) is 5.12. The molecule has 9 atom stereocenters. The van der Waals surface area contributed by atoms with Crippen molar-refractivity contribution < 1.29 is 48.9 Å². The predicted octanol–water partition coefficient (Wildman–Crippen LogP) is 0.402. The van der Waals surface area contributed by atoms with E-state index in [1.807, 2.05) is 18.2 Å². The van der Waals surface area contributed by atoms with E-state index in [4.69, 9.17) is 23.7 Å². The highest BCUT2D eigenvalue weighted by Crippen LogP contribution is 2.42. The Morgan fingerprint density at radius 1 is 1.18 bits per heavy atom. The number of carbonyl (C=O) groups is 1. The minimum Gasteiger partial charge on any atom is -0.497 e. The Balaban J connectivity index is 1.43. The van der Waals surface area contributed by atoms with Gasteiger partial charge in [-0.25, -0.2) is 4.79 Å². The second kappa shape index (κ2) is 11.9. The molecule has 1 fully saturated rings. The number of benzene rings is 1. The van der Waals surface area contributed by atoms with Crippen LogP contribution in [0.1, 0.15) is 23.7 Å². The summed E-state index contributed by atoms with van der Waals surface area (Å²) in [5.74, 6) is -0.877. The molecule has 0 aliphatic carbocycles. The van der Waals surface area contributed by atoms with Crippen molar-refractivity contribution in [2.75, 3.05) is 27.4 Å². The number of aliphatic hydroxyl groups excluding tert-OH is 4. The van der Waals surface area contributed by atoms with Crippen LogP contribution < -0.4 is 10.1 Å². The van der Waals surface area contributed by atoms with Gasteiger partial charge >= 0.3 is 5.97 Å². The minimum atomic E-state index is -1.61. The number of hydrogen-bond donors (Lipinski definition) is 6. The lowest BCUT2D eigenvalue weighted by Crippen LogP contribution is -2.60. The number of aromatic nitrogens is 1. The van der Waals surface area contributed by atoms with Gasteiger partial charge in [-0.05, 0) is 37.1 Å². The van der Waals surface area contributed by atoms with E-state index in [2.05, 4.69) is 16.9 Å². The third-order valence-electron chi connectivity index (χ3n) is 8.07. The van der Waals surface area contributed by atoms with Gasteiger partial charge in [0, 0.05) is 40.5 Å². The maximum Gasteiger partial charge on any atom is 0.337 e. The van der Waals surface area contributed by atoms with Crippen molar-refractivity contribution in [3.8, 4) is 5.75 Å². The molecule has 1 saturated heterocycles. The number of aromatic amines is 1. The molecule has 3 aliphatic rings. The van der Waals surface area contributed by atoms with Crippen molar-refractivity contribution in [1.29, 1.82) is 0 Å². The van der Waals surface area contributed by atoms with E-state index in [9.17, 15) is 25.2 Å². The zero-order valence-electron chi connectivity index (χ0n) is 22.4. The summed E-state index contributed by atoms with van der Waals surface area (Å²) in [5.41, 5.74) is 3.46. The van der Waals surface area contributed by atoms with E-state index < -0.39 is 61.4 Å². The van der Waals surface area contributed by atoms with Crippen LogP contribution in [0.25, 0.3) is 10.9 Å². The minimum absolute atomic E-state index is 0.159. The molecule has 12 nitrogen and oxygen atoms in total. The number of methoxy groups -OCH3 is 2. The van der Waals surface area contributed by atoms with E-state index in [1.54, 1.807) is 13.2 Å². The van der Waals surface area contributed by atoms with E-state index in [0.29, 0.717) is 12.0 Å². The van der Waals surface area contributed by atoms with Crippen LogP contribution in [0, 0.1) is 11.8 Å². The zero-order chi connectivity index (χ0) is 28.6. The van der Waals surface area contributed by atoms with Gasteiger partial charge in [-0.1, -0.05) is 6.08 Å². The number of nitrogens with one attached hydrogen (secondary N) is 2. The van der Waals surface area contributed by atoms with Gasteiger partial charge in [0.25, 0.3) is 0 Å². The Morgan fingerprint density at radius 2 is 1.98 bits per heavy atom. The smallest absolute Gasteiger partial charge is 0.337 e. The highest BCUT2D eigenvalue weighted by molar-refractivity contribution is 5.89. The Labute approximate surface area is 231 Å². The summed E-state index contributed by atoms with van der Waals surface area (Å²) >= 11 is 0. The van der Waals surface area contributed by atoms with Crippen LogP contribution in [0.4, 0.5) is 0 Å². The zero-order valence-corrected chi connectivity index (χ0v) is 22.4. The molecule has 12 heteroatoms. The third-order valence-corrected chi connectivity index (χ3v) is 8.07. The summed E-state index contributed by atoms with van der Waals surface area (Å²) in [5, 5.41) is 45.0. The molecule has 0 saturated carbocycles. The number of carbonyl (C=O) groups excluding carboxylic acids is 1. The van der Waals surface area contributed by atoms with Gasteiger partial charge in [0.2, 0.25) is 6.29 Å². The molecule has 0 spiro atoms. The summed E-state index contributed by atoms with van der Waals surface area (Å²) in [7, 11) is 2.92. The molecule has 3 aliphatic heterocycles. The van der Waals surface area contributed by atoms with Crippen LogP contribution in [0.2, 0.25) is 0 Å². The molecule has 0 amide bonds. The fourth-order valence-electron chi connectivity index (χ4n) is 5.90. The molecule has 0 bridgehead atoms. The predicted molar refractivity (Wildman–Crippen MR) is 141 cm³/mol. The molecule has 2 aromatic rings. The Kier molecular flexibility index (Phi) is 8.47. The molecule has 1 aromatic carbocycles. The Hall–Kier alpha value is -2.97. The lowest BCUT2D eigenvalue weighted by molar-refractivity contribution is -0.339. The molecule has 0 radical (unpaired) electrons. The van der Waals surface area contributed by atoms with Gasteiger partial charge in [0.05, 0.1) is 32.7 Å². The van der Waals surface area contributed by atoms with Crippen molar-refractivity contribution in [3.05, 3.63) is 53.9 Å². The van der Waals surface area contributed by atoms with Crippen molar-refractivity contribution in [1.82, 2.24) is 10.3 Å². The maximum absolute atomic E-state index is 12.8. The number of aliphatic hydroxyl groups is 4. The number of rotatable bonds is 8. The van der Waals surface area contributed by atoms with Gasteiger partial charge in [-0.15, -0.1) is 6.58 Å². The van der Waals surface area contributed by atoms with Gasteiger partial charge in [-0.2, -0.15) is 0 Å².